The van der Waals surface area contributed by atoms with Crippen molar-refractivity contribution in [3.63, 3.8) is 0 Å². The third kappa shape index (κ3) is 8.36. The van der Waals surface area contributed by atoms with Gasteiger partial charge in [0.25, 0.3) is 5.91 Å². The molecule has 0 bridgehead atoms. The first kappa shape index (κ1) is 29.2. The lowest BCUT2D eigenvalue weighted by Crippen LogP contribution is -2.16. The van der Waals surface area contributed by atoms with E-state index in [1.807, 2.05) is 14.1 Å². The minimum absolute atomic E-state index is 0.0721. The van der Waals surface area contributed by atoms with Crippen LogP contribution in [0.4, 0.5) is 36.2 Å². The summed E-state index contributed by atoms with van der Waals surface area (Å²) in [6, 6.07) is 14.9. The van der Waals surface area contributed by atoms with Gasteiger partial charge in [-0.05, 0) is 81.7 Å². The second-order valence-corrected chi connectivity index (χ2v) is 9.53. The van der Waals surface area contributed by atoms with Crippen LogP contribution < -0.4 is 16.0 Å². The Morgan fingerprint density at radius 2 is 1.73 bits per heavy atom. The van der Waals surface area contributed by atoms with Crippen molar-refractivity contribution < 1.29 is 22.8 Å². The molecule has 0 aliphatic carbocycles. The van der Waals surface area contributed by atoms with Crippen LogP contribution in [0.3, 0.4) is 0 Å². The van der Waals surface area contributed by atoms with Gasteiger partial charge >= 0.3 is 0 Å². The molecule has 0 fully saturated rings. The number of nitrogens with one attached hydrogen (secondary N) is 3. The van der Waals surface area contributed by atoms with Crippen LogP contribution in [-0.2, 0) is 6.42 Å². The lowest BCUT2D eigenvalue weighted by atomic mass is 10.1. The number of carbonyl (C=O) groups is 2. The highest BCUT2D eigenvalue weighted by atomic mass is 19.1. The third-order valence-corrected chi connectivity index (χ3v) is 5.99. The highest BCUT2D eigenvalue weighted by Crippen LogP contribution is 2.22. The van der Waals surface area contributed by atoms with Gasteiger partial charge < -0.3 is 20.9 Å². The number of benzene rings is 3. The summed E-state index contributed by atoms with van der Waals surface area (Å²) in [5, 5.41) is 8.51. The van der Waals surface area contributed by atoms with E-state index in [4.69, 9.17) is 0 Å². The van der Waals surface area contributed by atoms with E-state index in [1.54, 1.807) is 30.3 Å². The Hall–Kier alpha value is -4.77. The molecule has 0 spiro atoms. The van der Waals surface area contributed by atoms with Gasteiger partial charge in [0.1, 0.15) is 17.5 Å². The van der Waals surface area contributed by atoms with Crippen molar-refractivity contribution in [2.75, 3.05) is 43.1 Å². The minimum atomic E-state index is -0.865. The monoisotopic (exact) mass is 562 g/mol. The second-order valence-electron chi connectivity index (χ2n) is 9.53. The van der Waals surface area contributed by atoms with Gasteiger partial charge in [0, 0.05) is 29.7 Å². The van der Waals surface area contributed by atoms with Crippen molar-refractivity contribution >= 4 is 34.7 Å². The Morgan fingerprint density at radius 1 is 0.902 bits per heavy atom. The largest absolute Gasteiger partial charge is 0.383 e. The second kappa shape index (κ2) is 13.5. The van der Waals surface area contributed by atoms with Crippen LogP contribution in [0.15, 0.2) is 72.9 Å². The number of carbonyl (C=O) groups excluding carboxylic acids is 2. The summed E-state index contributed by atoms with van der Waals surface area (Å²) >= 11 is 0. The smallest absolute Gasteiger partial charge is 0.258 e. The van der Waals surface area contributed by atoms with Gasteiger partial charge in [-0.25, -0.2) is 23.1 Å². The highest BCUT2D eigenvalue weighted by Gasteiger charge is 2.15. The molecule has 0 aliphatic heterocycles. The van der Waals surface area contributed by atoms with Crippen LogP contribution in [0.1, 0.15) is 32.8 Å². The topological polar surface area (TPSA) is 99.2 Å². The Morgan fingerprint density at radius 3 is 2.51 bits per heavy atom. The van der Waals surface area contributed by atoms with E-state index in [0.29, 0.717) is 23.6 Å². The lowest BCUT2D eigenvalue weighted by molar-refractivity contribution is 0.0988. The average molecular weight is 563 g/mol. The fraction of sp³-hybridized carbons (Fsp3) is 0.200. The summed E-state index contributed by atoms with van der Waals surface area (Å²) in [6.07, 6.45) is 2.29. The van der Waals surface area contributed by atoms with Gasteiger partial charge in [0.2, 0.25) is 5.95 Å². The quantitative estimate of drug-likeness (QED) is 0.151. The molecule has 1 heterocycles. The number of anilines is 4. The van der Waals surface area contributed by atoms with Crippen molar-refractivity contribution in [1.82, 2.24) is 14.9 Å². The van der Waals surface area contributed by atoms with E-state index in [9.17, 15) is 22.8 Å². The molecule has 0 saturated heterocycles. The molecule has 4 aromatic rings. The molecule has 0 saturated carbocycles. The number of amides is 1. The Kier molecular flexibility index (Phi) is 9.64. The van der Waals surface area contributed by atoms with Crippen molar-refractivity contribution in [3.05, 3.63) is 107 Å². The highest BCUT2D eigenvalue weighted by molar-refractivity contribution is 6.05. The van der Waals surface area contributed by atoms with Crippen molar-refractivity contribution in [2.45, 2.75) is 12.8 Å². The molecule has 0 atom stereocenters. The fourth-order valence-electron chi connectivity index (χ4n) is 3.95. The van der Waals surface area contributed by atoms with E-state index in [0.717, 1.165) is 31.2 Å². The molecular weight excluding hydrogens is 533 g/mol. The number of Topliss-reactive ketones (excluding diaryl/α,β-unsaturated/α-hetero) is 1. The minimum Gasteiger partial charge on any atom is -0.383 e. The lowest BCUT2D eigenvalue weighted by Gasteiger charge is -2.12. The molecule has 3 aromatic carbocycles. The molecule has 11 heteroatoms. The summed E-state index contributed by atoms with van der Waals surface area (Å²) < 4.78 is 42.0. The predicted molar refractivity (Wildman–Crippen MR) is 152 cm³/mol. The molecule has 0 radical (unpaired) electrons. The first-order valence-electron chi connectivity index (χ1n) is 12.8. The summed E-state index contributed by atoms with van der Waals surface area (Å²) in [5.41, 5.74) is 1.34. The number of halogens is 3. The standard InChI is InChI=1S/C30H29F3N6O2/c1-39(2)14-4-12-34-27-10-8-22(17-26(27)33)37-30-35-13-11-23(38-30)18-28(40)19-5-3-6-21(15-19)36-29(41)24-16-20(31)7-9-25(24)32/h3,5-11,13,15-17,34H,4,12,14,18H2,1-2H3,(H,36,41)(H,35,37,38). The molecule has 1 aromatic heterocycles. The van der Waals surface area contributed by atoms with Crippen LogP contribution in [0, 0.1) is 17.5 Å². The molecule has 1 amide bonds. The van der Waals surface area contributed by atoms with E-state index < -0.39 is 28.9 Å². The Bertz CT molecular complexity index is 1550. The fourth-order valence-corrected chi connectivity index (χ4v) is 3.95. The number of nitrogens with zero attached hydrogens (tertiary/aromatic N) is 3. The molecule has 212 valence electrons. The molecule has 0 unspecified atom stereocenters. The zero-order chi connectivity index (χ0) is 29.4. The maximum absolute atomic E-state index is 14.6. The first-order valence-corrected chi connectivity index (χ1v) is 12.8. The van der Waals surface area contributed by atoms with Crippen LogP contribution in [0.25, 0.3) is 0 Å². The summed E-state index contributed by atoms with van der Waals surface area (Å²) in [6.45, 7) is 1.53. The van der Waals surface area contributed by atoms with Gasteiger partial charge in [-0.3, -0.25) is 9.59 Å². The number of rotatable bonds is 12. The van der Waals surface area contributed by atoms with Crippen LogP contribution >= 0.6 is 0 Å². The number of hydrogen-bond donors (Lipinski definition) is 3. The van der Waals surface area contributed by atoms with E-state index in [2.05, 4.69) is 30.8 Å². The first-order chi connectivity index (χ1) is 19.7. The molecule has 41 heavy (non-hydrogen) atoms. The van der Waals surface area contributed by atoms with Crippen LogP contribution in [0.2, 0.25) is 0 Å². The van der Waals surface area contributed by atoms with Crippen molar-refractivity contribution in [2.24, 2.45) is 0 Å². The maximum atomic E-state index is 14.6. The van der Waals surface area contributed by atoms with Crippen molar-refractivity contribution in [3.8, 4) is 0 Å². The summed E-state index contributed by atoms with van der Waals surface area (Å²) in [7, 11) is 3.96. The third-order valence-electron chi connectivity index (χ3n) is 5.99. The zero-order valence-electron chi connectivity index (χ0n) is 22.5. The molecule has 8 nitrogen and oxygen atoms in total. The summed E-state index contributed by atoms with van der Waals surface area (Å²) in [5.74, 6) is -2.97. The van der Waals surface area contributed by atoms with Gasteiger partial charge in [-0.2, -0.15) is 0 Å². The molecular formula is C30H29F3N6O2. The Labute approximate surface area is 235 Å². The molecule has 3 N–H and O–H groups in total. The zero-order valence-corrected chi connectivity index (χ0v) is 22.5. The normalized spacial score (nSPS) is 10.9. The van der Waals surface area contributed by atoms with Crippen LogP contribution in [0.5, 0.6) is 0 Å². The van der Waals surface area contributed by atoms with Crippen LogP contribution in [-0.4, -0.2) is 53.7 Å². The summed E-state index contributed by atoms with van der Waals surface area (Å²) in [4.78, 5) is 35.9. The van der Waals surface area contributed by atoms with E-state index in [-0.39, 0.29) is 29.4 Å². The number of hydrogen-bond acceptors (Lipinski definition) is 7. The SMILES string of the molecule is CN(C)CCCNc1ccc(Nc2nccc(CC(=O)c3cccc(NC(=O)c4cc(F)ccc4F)c3)n2)cc1F. The van der Waals surface area contributed by atoms with Gasteiger partial charge in [0.15, 0.2) is 5.78 Å². The number of aromatic nitrogens is 2. The van der Waals surface area contributed by atoms with Crippen molar-refractivity contribution in [1.29, 1.82) is 0 Å². The van der Waals surface area contributed by atoms with E-state index in [1.165, 1.54) is 24.4 Å². The van der Waals surface area contributed by atoms with Gasteiger partial charge in [0.05, 0.1) is 23.4 Å². The van der Waals surface area contributed by atoms with Gasteiger partial charge in [-0.1, -0.05) is 12.1 Å². The predicted octanol–water partition coefficient (Wildman–Crippen LogP) is 5.68. The van der Waals surface area contributed by atoms with Gasteiger partial charge in [-0.15, -0.1) is 0 Å². The average Bonchev–Trinajstić information content (AvgIpc) is 2.93. The molecule has 4 rings (SSSR count). The Balaban J connectivity index is 1.37. The number of ketones is 1. The van der Waals surface area contributed by atoms with E-state index >= 15 is 0 Å². The molecule has 0 aliphatic rings. The maximum Gasteiger partial charge on any atom is 0.258 e.